The van der Waals surface area contributed by atoms with Crippen LogP contribution in [0.25, 0.3) is 10.9 Å². The number of amides is 2. The summed E-state index contributed by atoms with van der Waals surface area (Å²) in [6.07, 6.45) is -8.80. The zero-order valence-electron chi connectivity index (χ0n) is 32.3. The molecule has 6 rings (SSSR count). The summed E-state index contributed by atoms with van der Waals surface area (Å²) in [5.41, 5.74) is 5.88. The number of aromatic amines is 1. The number of hydrogen-bond donors (Lipinski definition) is 2. The number of nitrogens with zero attached hydrogens (tertiary/aromatic N) is 3. The van der Waals surface area contributed by atoms with Crippen LogP contribution in [0.2, 0.25) is 5.02 Å². The van der Waals surface area contributed by atoms with Crippen LogP contribution in [0, 0.1) is 0 Å². The first kappa shape index (κ1) is 42.6. The number of nitrogens with two attached hydrogens (primary N) is 1. The van der Waals surface area contributed by atoms with Crippen molar-refractivity contribution in [3.8, 4) is 0 Å². The van der Waals surface area contributed by atoms with Crippen molar-refractivity contribution < 1.29 is 51.3 Å². The number of anilines is 2. The van der Waals surface area contributed by atoms with Gasteiger partial charge in [-0.1, -0.05) is 29.8 Å². The highest BCUT2D eigenvalue weighted by Gasteiger charge is 2.37. The number of rotatable bonds is 10. The fourth-order valence-corrected chi connectivity index (χ4v) is 7.43. The number of esters is 1. The van der Waals surface area contributed by atoms with E-state index in [1.807, 2.05) is 35.2 Å². The number of pyridine rings is 1. The van der Waals surface area contributed by atoms with Gasteiger partial charge in [0.05, 0.1) is 28.4 Å². The van der Waals surface area contributed by atoms with Crippen LogP contribution in [-0.4, -0.2) is 97.2 Å². The number of H-pyrrole nitrogens is 1. The molecule has 0 radical (unpaired) electrons. The molecule has 18 heteroatoms. The lowest BCUT2D eigenvalue weighted by Crippen LogP contribution is -2.53. The Morgan fingerprint density at radius 3 is 2.24 bits per heavy atom. The van der Waals surface area contributed by atoms with E-state index in [1.165, 1.54) is 34.9 Å². The van der Waals surface area contributed by atoms with Gasteiger partial charge in [-0.2, -0.15) is 13.2 Å². The number of aromatic nitrogens is 1. The normalized spacial score (nSPS) is 16.0. The first-order valence-corrected chi connectivity index (χ1v) is 19.4. The molecule has 59 heavy (non-hydrogen) atoms. The molecule has 0 aliphatic carbocycles. The van der Waals surface area contributed by atoms with E-state index in [4.69, 9.17) is 31.5 Å². The van der Waals surface area contributed by atoms with Gasteiger partial charge in [0.25, 0.3) is 11.5 Å². The lowest BCUT2D eigenvalue weighted by atomic mass is 9.89. The third-order valence-corrected chi connectivity index (χ3v) is 10.6. The number of nitrogens with one attached hydrogen (secondary N) is 1. The van der Waals surface area contributed by atoms with Crippen LogP contribution >= 0.6 is 11.6 Å². The minimum atomic E-state index is -4.83. The van der Waals surface area contributed by atoms with Gasteiger partial charge in [0, 0.05) is 69.4 Å². The standard InChI is InChI=1S/C41H43ClF3N5O9/c1-3-56-40(55)58-24(2)57-38(53)27-8-10-29(11-9-27)48-16-18-49(19-17-48)37(52)34(22-25-20-31(41(43,44)45)35(46)32(42)21-25)59-39(54)50-14-12-26(13-15-50)30-23-28-6-4-5-7-33(28)47-36(30)51/h4-11,20-21,23-24,26,34H,3,12-19,22,46H2,1-2H3,(H,47,51)/t24?,34-/m1/s1. The molecule has 2 aliphatic rings. The van der Waals surface area contributed by atoms with E-state index in [0.29, 0.717) is 37.0 Å². The Balaban J connectivity index is 1.11. The molecular weight excluding hydrogens is 799 g/mol. The molecule has 3 heterocycles. The van der Waals surface area contributed by atoms with Gasteiger partial charge in [0.2, 0.25) is 6.29 Å². The molecule has 2 fully saturated rings. The highest BCUT2D eigenvalue weighted by Crippen LogP contribution is 2.38. The van der Waals surface area contributed by atoms with Crippen molar-refractivity contribution in [2.45, 2.75) is 57.6 Å². The summed E-state index contributed by atoms with van der Waals surface area (Å²) in [4.78, 5) is 72.5. The average molecular weight is 842 g/mol. The maximum Gasteiger partial charge on any atom is 0.511 e. The lowest BCUT2D eigenvalue weighted by Gasteiger charge is -2.38. The number of fused-ring (bicyclic) bond motifs is 1. The van der Waals surface area contributed by atoms with E-state index in [0.717, 1.165) is 17.1 Å². The topological polar surface area (TPSA) is 174 Å². The van der Waals surface area contributed by atoms with Gasteiger partial charge in [-0.05, 0) is 85.2 Å². The maximum atomic E-state index is 14.1. The first-order valence-electron chi connectivity index (χ1n) is 19.0. The quantitative estimate of drug-likeness (QED) is 0.0750. The van der Waals surface area contributed by atoms with Crippen LogP contribution in [0.4, 0.5) is 34.1 Å². The number of hydrogen-bond acceptors (Lipinski definition) is 11. The number of nitrogen functional groups attached to an aromatic ring is 1. The third-order valence-electron chi connectivity index (χ3n) is 10.3. The van der Waals surface area contributed by atoms with Crippen LogP contribution in [0.5, 0.6) is 0 Å². The molecule has 1 aromatic heterocycles. The number of piperidine rings is 1. The fraction of sp³-hybridized carbons (Fsp3) is 0.390. The zero-order valence-corrected chi connectivity index (χ0v) is 33.0. The second-order valence-corrected chi connectivity index (χ2v) is 14.6. The number of ether oxygens (including phenoxy) is 4. The SMILES string of the molecule is CCOC(=O)OC(C)OC(=O)c1ccc(N2CCN(C(=O)[C@@H](Cc3cc(Cl)c(N)c(C(F)(F)F)c3)OC(=O)N3CCC(c4cc5ccccc5[nH]c4=O)CC3)CC2)cc1. The molecule has 3 aromatic carbocycles. The molecule has 2 amide bonds. The molecule has 14 nitrogen and oxygen atoms in total. The molecule has 2 aliphatic heterocycles. The number of carbonyl (C=O) groups excluding carboxylic acids is 4. The third kappa shape index (κ3) is 10.4. The summed E-state index contributed by atoms with van der Waals surface area (Å²) < 4.78 is 62.1. The lowest BCUT2D eigenvalue weighted by molar-refractivity contribution is -0.141. The van der Waals surface area contributed by atoms with E-state index in [2.05, 4.69) is 9.72 Å². The number of likely N-dealkylation sites (tertiary alicyclic amines) is 1. The number of para-hydroxylation sites is 1. The van der Waals surface area contributed by atoms with Crippen molar-refractivity contribution in [2.75, 3.05) is 56.5 Å². The minimum Gasteiger partial charge on any atom is -0.436 e. The van der Waals surface area contributed by atoms with E-state index in [-0.39, 0.29) is 60.4 Å². The highest BCUT2D eigenvalue weighted by atomic mass is 35.5. The number of alkyl halides is 3. The predicted octanol–water partition coefficient (Wildman–Crippen LogP) is 6.73. The summed E-state index contributed by atoms with van der Waals surface area (Å²) in [5, 5.41) is 0.527. The molecule has 4 aromatic rings. The van der Waals surface area contributed by atoms with Crippen LogP contribution < -0.4 is 16.2 Å². The van der Waals surface area contributed by atoms with E-state index in [9.17, 15) is 37.1 Å². The molecule has 3 N–H and O–H groups in total. The zero-order chi connectivity index (χ0) is 42.4. The van der Waals surface area contributed by atoms with Gasteiger partial charge < -0.3 is 44.4 Å². The Hall–Kier alpha value is -5.97. The Morgan fingerprint density at radius 1 is 0.898 bits per heavy atom. The summed E-state index contributed by atoms with van der Waals surface area (Å²) in [6, 6.07) is 17.8. The smallest absolute Gasteiger partial charge is 0.436 e. The molecule has 0 spiro atoms. The maximum absolute atomic E-state index is 14.1. The van der Waals surface area contributed by atoms with Gasteiger partial charge in [0.1, 0.15) is 0 Å². The molecule has 2 atom stereocenters. The van der Waals surface area contributed by atoms with Crippen molar-refractivity contribution in [3.05, 3.63) is 104 Å². The van der Waals surface area contributed by atoms with Gasteiger partial charge in [-0.15, -0.1) is 0 Å². The second kappa shape index (κ2) is 18.3. The molecule has 1 unspecified atom stereocenters. The van der Waals surface area contributed by atoms with Gasteiger partial charge in [-0.3, -0.25) is 9.59 Å². The summed E-state index contributed by atoms with van der Waals surface area (Å²) in [6.45, 7) is 4.57. The summed E-state index contributed by atoms with van der Waals surface area (Å²) in [5.74, 6) is -1.46. The Labute approximate surface area is 341 Å². The van der Waals surface area contributed by atoms with Gasteiger partial charge in [0.15, 0.2) is 6.10 Å². The average Bonchev–Trinajstić information content (AvgIpc) is 3.21. The second-order valence-electron chi connectivity index (χ2n) is 14.1. The minimum absolute atomic E-state index is 0.00369. The van der Waals surface area contributed by atoms with Gasteiger partial charge >= 0.3 is 24.4 Å². The Bertz CT molecular complexity index is 2240. The van der Waals surface area contributed by atoms with Crippen LogP contribution in [0.3, 0.4) is 0 Å². The van der Waals surface area contributed by atoms with Crippen molar-refractivity contribution in [1.82, 2.24) is 14.8 Å². The number of benzene rings is 3. The Kier molecular flexibility index (Phi) is 13.2. The predicted molar refractivity (Wildman–Crippen MR) is 211 cm³/mol. The van der Waals surface area contributed by atoms with E-state index in [1.54, 1.807) is 19.1 Å². The van der Waals surface area contributed by atoms with Crippen molar-refractivity contribution in [1.29, 1.82) is 0 Å². The van der Waals surface area contributed by atoms with E-state index >= 15 is 0 Å². The van der Waals surface area contributed by atoms with Crippen molar-refractivity contribution in [2.24, 2.45) is 0 Å². The largest absolute Gasteiger partial charge is 0.511 e. The summed E-state index contributed by atoms with van der Waals surface area (Å²) >= 11 is 6.11. The highest BCUT2D eigenvalue weighted by molar-refractivity contribution is 6.33. The molecule has 0 bridgehead atoms. The molecule has 314 valence electrons. The fourth-order valence-electron chi connectivity index (χ4n) is 7.18. The number of carbonyl (C=O) groups is 4. The van der Waals surface area contributed by atoms with Crippen LogP contribution in [0.1, 0.15) is 59.7 Å². The van der Waals surface area contributed by atoms with Crippen molar-refractivity contribution in [3.63, 3.8) is 0 Å². The Morgan fingerprint density at radius 2 is 1.58 bits per heavy atom. The first-order chi connectivity index (χ1) is 28.1. The molecular formula is C41H43ClF3N5O9. The number of piperazine rings is 1. The van der Waals surface area contributed by atoms with E-state index < -0.39 is 60.4 Å². The van der Waals surface area contributed by atoms with Crippen LogP contribution in [-0.2, 0) is 36.3 Å². The summed E-state index contributed by atoms with van der Waals surface area (Å²) in [7, 11) is 0. The molecule has 0 saturated carbocycles. The van der Waals surface area contributed by atoms with Crippen molar-refractivity contribution >= 4 is 58.0 Å². The number of halogens is 4. The monoisotopic (exact) mass is 841 g/mol. The van der Waals surface area contributed by atoms with Gasteiger partial charge in [-0.25, -0.2) is 14.4 Å². The van der Waals surface area contributed by atoms with Crippen LogP contribution in [0.15, 0.2) is 71.5 Å². The molecule has 2 saturated heterocycles.